The summed E-state index contributed by atoms with van der Waals surface area (Å²) in [6, 6.07) is 0.547. The molecule has 1 heterocycles. The second-order valence-corrected chi connectivity index (χ2v) is 9.44. The summed E-state index contributed by atoms with van der Waals surface area (Å²) in [6.07, 6.45) is 14.1. The second kappa shape index (κ2) is 8.56. The van der Waals surface area contributed by atoms with Crippen molar-refractivity contribution in [3.8, 4) is 0 Å². The maximum Gasteiger partial charge on any atom is 0.243 e. The molecule has 5 nitrogen and oxygen atoms in total. The van der Waals surface area contributed by atoms with E-state index in [0.29, 0.717) is 17.9 Å². The fourth-order valence-electron chi connectivity index (χ4n) is 5.69. The number of rotatable bonds is 4. The van der Waals surface area contributed by atoms with E-state index in [9.17, 15) is 14.4 Å². The predicted molar refractivity (Wildman–Crippen MR) is 107 cm³/mol. The normalized spacial score (nSPS) is 29.6. The first kappa shape index (κ1) is 19.9. The lowest BCUT2D eigenvalue weighted by Crippen LogP contribution is -2.52. The standard InChI is InChI=1S/C22H31ClN2O3/c23-15-11-12-18-19(13-15)22(28)24(21(18)27)14-20(26)25(16-7-3-1-4-8-16)17-9-5-2-6-10-17/h11,16-19H,1-10,12-14H2/t18-,19+/m0/s1. The molecule has 1 aliphatic heterocycles. The molecular weight excluding hydrogens is 376 g/mol. The number of nitrogens with zero attached hydrogens (tertiary/aromatic N) is 2. The van der Waals surface area contributed by atoms with Crippen molar-refractivity contribution in [1.29, 1.82) is 0 Å². The Morgan fingerprint density at radius 1 is 0.929 bits per heavy atom. The van der Waals surface area contributed by atoms with E-state index >= 15 is 0 Å². The average molecular weight is 407 g/mol. The van der Waals surface area contributed by atoms with Gasteiger partial charge in [0.2, 0.25) is 17.7 Å². The van der Waals surface area contributed by atoms with Gasteiger partial charge in [0, 0.05) is 17.1 Å². The molecule has 3 amide bonds. The van der Waals surface area contributed by atoms with Crippen LogP contribution in [0.3, 0.4) is 0 Å². The number of fused-ring (bicyclic) bond motifs is 1. The SMILES string of the molecule is O=C1[C@H]2CC=C(Cl)C[C@H]2C(=O)N1CC(=O)N(C1CCCCC1)C1CCCCC1. The molecule has 4 aliphatic rings. The van der Waals surface area contributed by atoms with Crippen LogP contribution in [0.15, 0.2) is 11.1 Å². The van der Waals surface area contributed by atoms with E-state index in [0.717, 1.165) is 51.4 Å². The van der Waals surface area contributed by atoms with E-state index in [2.05, 4.69) is 4.90 Å². The van der Waals surface area contributed by atoms with E-state index in [1.807, 2.05) is 6.08 Å². The molecule has 0 aromatic heterocycles. The van der Waals surface area contributed by atoms with Gasteiger partial charge >= 0.3 is 0 Å². The maximum atomic E-state index is 13.4. The van der Waals surface area contributed by atoms with Crippen molar-refractivity contribution < 1.29 is 14.4 Å². The van der Waals surface area contributed by atoms with Crippen LogP contribution in [0.1, 0.15) is 77.0 Å². The van der Waals surface area contributed by atoms with Crippen LogP contribution < -0.4 is 0 Å². The predicted octanol–water partition coefficient (Wildman–Crippen LogP) is 4.00. The van der Waals surface area contributed by atoms with Gasteiger partial charge in [0.15, 0.2) is 0 Å². The largest absolute Gasteiger partial charge is 0.335 e. The van der Waals surface area contributed by atoms with Crippen molar-refractivity contribution in [3.63, 3.8) is 0 Å². The first-order valence-corrected chi connectivity index (χ1v) is 11.4. The molecule has 4 rings (SSSR count). The van der Waals surface area contributed by atoms with Crippen LogP contribution in [-0.2, 0) is 14.4 Å². The summed E-state index contributed by atoms with van der Waals surface area (Å²) in [5.41, 5.74) is 0. The molecule has 0 bridgehead atoms. The van der Waals surface area contributed by atoms with Gasteiger partial charge in [0.05, 0.1) is 11.8 Å². The summed E-state index contributed by atoms with van der Waals surface area (Å²) in [7, 11) is 0. The Labute approximate surface area is 172 Å². The van der Waals surface area contributed by atoms with Gasteiger partial charge in [-0.15, -0.1) is 0 Å². The van der Waals surface area contributed by atoms with Crippen LogP contribution in [0, 0.1) is 11.8 Å². The lowest BCUT2D eigenvalue weighted by Gasteiger charge is -2.42. The third kappa shape index (κ3) is 3.87. The lowest BCUT2D eigenvalue weighted by molar-refractivity contribution is -0.149. The fourth-order valence-corrected chi connectivity index (χ4v) is 5.95. The Balaban J connectivity index is 1.49. The summed E-state index contributed by atoms with van der Waals surface area (Å²) < 4.78 is 0. The molecule has 2 atom stereocenters. The van der Waals surface area contributed by atoms with Crippen LogP contribution in [0.2, 0.25) is 0 Å². The van der Waals surface area contributed by atoms with Gasteiger partial charge in [-0.05, 0) is 38.5 Å². The number of allylic oxidation sites excluding steroid dienone is 2. The first-order chi connectivity index (χ1) is 13.6. The van der Waals surface area contributed by atoms with Crippen LogP contribution >= 0.6 is 11.6 Å². The highest BCUT2D eigenvalue weighted by Gasteiger charge is 2.49. The molecule has 0 aromatic carbocycles. The van der Waals surface area contributed by atoms with Crippen molar-refractivity contribution in [2.75, 3.05) is 6.54 Å². The Kier molecular flexibility index (Phi) is 6.10. The van der Waals surface area contributed by atoms with Gasteiger partial charge in [0.25, 0.3) is 0 Å². The molecule has 6 heteroatoms. The first-order valence-electron chi connectivity index (χ1n) is 11.1. The number of hydrogen-bond donors (Lipinski definition) is 0. The Bertz CT molecular complexity index is 647. The monoisotopic (exact) mass is 406 g/mol. The highest BCUT2D eigenvalue weighted by atomic mass is 35.5. The van der Waals surface area contributed by atoms with Crippen molar-refractivity contribution in [2.45, 2.75) is 89.1 Å². The number of hydrogen-bond acceptors (Lipinski definition) is 3. The van der Waals surface area contributed by atoms with Crippen LogP contribution in [-0.4, -0.2) is 46.1 Å². The molecule has 0 N–H and O–H groups in total. The smallest absolute Gasteiger partial charge is 0.243 e. The Morgan fingerprint density at radius 2 is 1.46 bits per heavy atom. The molecule has 154 valence electrons. The fraction of sp³-hybridized carbons (Fsp3) is 0.773. The third-order valence-corrected chi connectivity index (χ3v) is 7.49. The molecule has 1 saturated heterocycles. The molecule has 2 saturated carbocycles. The molecule has 3 aliphatic carbocycles. The number of amides is 3. The minimum atomic E-state index is -0.379. The topological polar surface area (TPSA) is 57.7 Å². The summed E-state index contributed by atoms with van der Waals surface area (Å²) in [5, 5.41) is 0.654. The molecular formula is C22H31ClN2O3. The summed E-state index contributed by atoms with van der Waals surface area (Å²) in [4.78, 5) is 42.4. The van der Waals surface area contributed by atoms with Gasteiger partial charge in [0.1, 0.15) is 6.54 Å². The van der Waals surface area contributed by atoms with Gasteiger partial charge in [-0.25, -0.2) is 0 Å². The van der Waals surface area contributed by atoms with E-state index in [-0.39, 0.29) is 48.2 Å². The van der Waals surface area contributed by atoms with Crippen LogP contribution in [0.5, 0.6) is 0 Å². The summed E-state index contributed by atoms with van der Waals surface area (Å²) >= 11 is 6.11. The Hall–Kier alpha value is -1.36. The minimum Gasteiger partial charge on any atom is -0.335 e. The van der Waals surface area contributed by atoms with E-state index < -0.39 is 0 Å². The van der Waals surface area contributed by atoms with Crippen LogP contribution in [0.25, 0.3) is 0 Å². The number of carbonyl (C=O) groups is 3. The summed E-state index contributed by atoms with van der Waals surface area (Å²) in [5.74, 6) is -1.13. The quantitative estimate of drug-likeness (QED) is 0.663. The van der Waals surface area contributed by atoms with Crippen molar-refractivity contribution in [1.82, 2.24) is 9.80 Å². The van der Waals surface area contributed by atoms with E-state index in [1.54, 1.807) is 0 Å². The highest BCUT2D eigenvalue weighted by Crippen LogP contribution is 2.39. The number of imide groups is 1. The number of carbonyl (C=O) groups excluding carboxylic acids is 3. The van der Waals surface area contributed by atoms with Crippen molar-refractivity contribution >= 4 is 29.3 Å². The van der Waals surface area contributed by atoms with E-state index in [4.69, 9.17) is 11.6 Å². The molecule has 0 spiro atoms. The number of halogens is 1. The third-order valence-electron chi connectivity index (χ3n) is 7.18. The van der Waals surface area contributed by atoms with Gasteiger partial charge in [-0.3, -0.25) is 19.3 Å². The molecule has 0 radical (unpaired) electrons. The Morgan fingerprint density at radius 3 is 2.04 bits per heavy atom. The van der Waals surface area contributed by atoms with Crippen molar-refractivity contribution in [2.24, 2.45) is 11.8 Å². The molecule has 0 unspecified atom stereocenters. The molecule has 3 fully saturated rings. The highest BCUT2D eigenvalue weighted by molar-refractivity contribution is 6.30. The number of likely N-dealkylation sites (tertiary alicyclic amines) is 1. The van der Waals surface area contributed by atoms with Gasteiger partial charge in [-0.1, -0.05) is 56.2 Å². The maximum absolute atomic E-state index is 13.4. The minimum absolute atomic E-state index is 0.0294. The summed E-state index contributed by atoms with van der Waals surface area (Å²) in [6.45, 7) is -0.0880. The molecule has 28 heavy (non-hydrogen) atoms. The zero-order chi connectivity index (χ0) is 19.7. The van der Waals surface area contributed by atoms with Crippen molar-refractivity contribution in [3.05, 3.63) is 11.1 Å². The van der Waals surface area contributed by atoms with E-state index in [1.165, 1.54) is 17.7 Å². The lowest BCUT2D eigenvalue weighted by atomic mass is 9.85. The van der Waals surface area contributed by atoms with Gasteiger partial charge < -0.3 is 4.90 Å². The van der Waals surface area contributed by atoms with Crippen LogP contribution in [0.4, 0.5) is 0 Å². The zero-order valence-electron chi connectivity index (χ0n) is 16.6. The van der Waals surface area contributed by atoms with Gasteiger partial charge in [-0.2, -0.15) is 0 Å². The average Bonchev–Trinajstić information content (AvgIpc) is 2.94. The zero-order valence-corrected chi connectivity index (χ0v) is 17.3. The second-order valence-electron chi connectivity index (χ2n) is 8.95. The molecule has 0 aromatic rings.